The first-order valence-corrected chi connectivity index (χ1v) is 5.09. The molecule has 15 heavy (non-hydrogen) atoms. The minimum Gasteiger partial charge on any atom is -0.486 e. The fraction of sp³-hybridized carbons (Fsp3) is 0.0909. The molecule has 1 aromatic rings. The van der Waals surface area contributed by atoms with Gasteiger partial charge in [-0.25, -0.2) is 0 Å². The summed E-state index contributed by atoms with van der Waals surface area (Å²) in [5.74, 6) is 0. The maximum Gasteiger partial charge on any atom is 0.221 e. The van der Waals surface area contributed by atoms with Crippen LogP contribution in [0.4, 0.5) is 0 Å². The van der Waals surface area contributed by atoms with Crippen molar-refractivity contribution >= 4 is 41.1 Å². The van der Waals surface area contributed by atoms with E-state index >= 15 is 0 Å². The number of carbonyl (C=O) groups is 1. The summed E-state index contributed by atoms with van der Waals surface area (Å²) in [5, 5.41) is -0.246. The second kappa shape index (κ2) is 5.68. The zero-order valence-corrected chi connectivity index (χ0v) is 9.85. The van der Waals surface area contributed by atoms with Crippen LogP contribution < -0.4 is 0 Å². The van der Waals surface area contributed by atoms with E-state index in [4.69, 9.17) is 17.0 Å². The van der Waals surface area contributed by atoms with Gasteiger partial charge in [0, 0.05) is 0 Å². The first kappa shape index (κ1) is 11.9. The zero-order valence-electron chi connectivity index (χ0n) is 8.14. The summed E-state index contributed by atoms with van der Waals surface area (Å²) < 4.78 is 4.84. The molecule has 1 aromatic carbocycles. The molecule has 2 nitrogen and oxygen atoms in total. The predicted molar refractivity (Wildman–Crippen MR) is 68.0 cm³/mol. The van der Waals surface area contributed by atoms with Gasteiger partial charge >= 0.3 is 0 Å². The van der Waals surface area contributed by atoms with E-state index in [1.165, 1.54) is 7.11 Å². The molecule has 78 valence electrons. The summed E-state index contributed by atoms with van der Waals surface area (Å²) >= 11 is 8.63. The van der Waals surface area contributed by atoms with Gasteiger partial charge in [0.15, 0.2) is 5.05 Å². The highest BCUT2D eigenvalue weighted by Crippen LogP contribution is 2.11. The van der Waals surface area contributed by atoms with Gasteiger partial charge in [-0.2, -0.15) is 0 Å². The molecular weight excluding hydrogens is 228 g/mol. The van der Waals surface area contributed by atoms with Crippen molar-refractivity contribution in [1.82, 2.24) is 0 Å². The number of rotatable bonds is 3. The third-order valence-electron chi connectivity index (χ3n) is 1.75. The maximum atomic E-state index is 11.2. The van der Waals surface area contributed by atoms with Gasteiger partial charge in [-0.05, 0) is 23.9 Å². The normalized spacial score (nSPS) is 10.9. The molecule has 0 heterocycles. The Balaban J connectivity index is 3.05. The maximum absolute atomic E-state index is 11.2. The van der Waals surface area contributed by atoms with Crippen LogP contribution in [0.2, 0.25) is 0 Å². The number of hydrogen-bond acceptors (Lipinski definition) is 3. The monoisotopic (exact) mass is 238 g/mol. The van der Waals surface area contributed by atoms with Gasteiger partial charge in [0.2, 0.25) is 5.12 Å². The smallest absolute Gasteiger partial charge is 0.221 e. The number of benzene rings is 1. The molecule has 1 rings (SSSR count). The van der Waals surface area contributed by atoms with Crippen LogP contribution in [-0.4, -0.2) is 17.3 Å². The Kier molecular flexibility index (Phi) is 4.52. The van der Waals surface area contributed by atoms with E-state index < -0.39 is 5.12 Å². The van der Waals surface area contributed by atoms with E-state index in [1.54, 1.807) is 6.08 Å². The Morgan fingerprint density at radius 1 is 1.40 bits per heavy atom. The molecule has 0 unspecified atom stereocenters. The third-order valence-corrected chi connectivity index (χ3v) is 2.37. The minimum atomic E-state index is -0.397. The molecule has 0 aliphatic rings. The van der Waals surface area contributed by atoms with Crippen molar-refractivity contribution in [1.29, 1.82) is 0 Å². The van der Waals surface area contributed by atoms with Crippen LogP contribution in [0.25, 0.3) is 6.08 Å². The Morgan fingerprint density at radius 3 is 2.47 bits per heavy atom. The second-order valence-corrected chi connectivity index (χ2v) is 3.54. The van der Waals surface area contributed by atoms with Crippen molar-refractivity contribution in [2.45, 2.75) is 0 Å². The third kappa shape index (κ3) is 3.49. The molecular formula is C11H10O2S2. The van der Waals surface area contributed by atoms with E-state index in [-0.39, 0.29) is 5.05 Å². The van der Waals surface area contributed by atoms with E-state index in [9.17, 15) is 4.79 Å². The number of thiol groups is 1. The Morgan fingerprint density at radius 2 is 2.00 bits per heavy atom. The Bertz CT molecular complexity index is 396. The molecule has 0 bridgehead atoms. The van der Waals surface area contributed by atoms with Crippen LogP contribution in [0.15, 0.2) is 35.9 Å². The molecule has 0 atom stereocenters. The van der Waals surface area contributed by atoms with Crippen LogP contribution in [0.1, 0.15) is 5.56 Å². The van der Waals surface area contributed by atoms with Crippen molar-refractivity contribution < 1.29 is 9.53 Å². The lowest BCUT2D eigenvalue weighted by molar-refractivity contribution is -0.107. The summed E-state index contributed by atoms with van der Waals surface area (Å²) in [6, 6.07) is 9.39. The molecule has 0 spiro atoms. The van der Waals surface area contributed by atoms with Gasteiger partial charge in [-0.3, -0.25) is 4.79 Å². The van der Waals surface area contributed by atoms with E-state index in [0.717, 1.165) is 5.56 Å². The lowest BCUT2D eigenvalue weighted by Gasteiger charge is -2.03. The second-order valence-electron chi connectivity index (χ2n) is 2.77. The first-order valence-electron chi connectivity index (χ1n) is 4.23. The minimum absolute atomic E-state index is 0.152. The molecule has 0 radical (unpaired) electrons. The highest BCUT2D eigenvalue weighted by atomic mass is 32.1. The van der Waals surface area contributed by atoms with Crippen molar-refractivity contribution in [3.8, 4) is 0 Å². The highest BCUT2D eigenvalue weighted by Gasteiger charge is 2.11. The summed E-state index contributed by atoms with van der Waals surface area (Å²) in [5.41, 5.74) is 1.18. The molecule has 0 fully saturated rings. The molecule has 0 amide bonds. The molecule has 0 aliphatic carbocycles. The van der Waals surface area contributed by atoms with E-state index in [0.29, 0.717) is 5.57 Å². The van der Waals surface area contributed by atoms with Crippen LogP contribution in [0.3, 0.4) is 0 Å². The topological polar surface area (TPSA) is 26.3 Å². The standard InChI is InChI=1S/C11H10O2S2/c1-13-11(15)9(10(12)14)7-8-5-3-2-4-6-8/h2-7H,1H3,(H,12,14). The van der Waals surface area contributed by atoms with Gasteiger partial charge in [0.05, 0.1) is 12.7 Å². The molecule has 0 saturated heterocycles. The van der Waals surface area contributed by atoms with Gasteiger partial charge in [-0.15, -0.1) is 12.6 Å². The average Bonchev–Trinajstić information content (AvgIpc) is 2.26. The number of hydrogen-bond donors (Lipinski definition) is 1. The van der Waals surface area contributed by atoms with E-state index in [1.807, 2.05) is 30.3 Å². The predicted octanol–water partition coefficient (Wildman–Crippen LogP) is 2.50. The van der Waals surface area contributed by atoms with Crippen molar-refractivity contribution in [2.75, 3.05) is 7.11 Å². The van der Waals surface area contributed by atoms with E-state index in [2.05, 4.69) is 12.6 Å². The largest absolute Gasteiger partial charge is 0.486 e. The van der Waals surface area contributed by atoms with Crippen LogP contribution >= 0.6 is 24.8 Å². The van der Waals surface area contributed by atoms with Crippen LogP contribution in [0, 0.1) is 0 Å². The van der Waals surface area contributed by atoms with Crippen molar-refractivity contribution in [3.05, 3.63) is 41.5 Å². The zero-order chi connectivity index (χ0) is 11.3. The summed E-state index contributed by atoms with van der Waals surface area (Å²) in [6.07, 6.45) is 1.65. The van der Waals surface area contributed by atoms with Crippen LogP contribution in [0.5, 0.6) is 0 Å². The van der Waals surface area contributed by atoms with Gasteiger partial charge in [0.25, 0.3) is 0 Å². The molecule has 0 N–H and O–H groups in total. The van der Waals surface area contributed by atoms with Crippen LogP contribution in [-0.2, 0) is 9.53 Å². The number of methoxy groups -OCH3 is 1. The van der Waals surface area contributed by atoms with Crippen molar-refractivity contribution in [2.24, 2.45) is 0 Å². The fourth-order valence-corrected chi connectivity index (χ4v) is 1.43. The lowest BCUT2D eigenvalue weighted by Crippen LogP contribution is -2.07. The highest BCUT2D eigenvalue weighted by molar-refractivity contribution is 7.97. The SMILES string of the molecule is COC(=S)C(=Cc1ccccc1)C(=O)S. The average molecular weight is 238 g/mol. The lowest BCUT2D eigenvalue weighted by atomic mass is 10.1. The molecule has 0 aromatic heterocycles. The fourth-order valence-electron chi connectivity index (χ4n) is 1.03. The quantitative estimate of drug-likeness (QED) is 0.498. The summed E-state index contributed by atoms with van der Waals surface area (Å²) in [6.45, 7) is 0. The molecule has 4 heteroatoms. The van der Waals surface area contributed by atoms with Crippen molar-refractivity contribution in [3.63, 3.8) is 0 Å². The number of ether oxygens (including phenoxy) is 1. The van der Waals surface area contributed by atoms with Gasteiger partial charge < -0.3 is 4.74 Å². The molecule has 0 saturated carbocycles. The summed E-state index contributed by atoms with van der Waals surface area (Å²) in [7, 11) is 1.43. The number of carbonyl (C=O) groups excluding carboxylic acids is 1. The van der Waals surface area contributed by atoms with Gasteiger partial charge in [-0.1, -0.05) is 30.3 Å². The molecule has 0 aliphatic heterocycles. The summed E-state index contributed by atoms with van der Waals surface area (Å²) in [4.78, 5) is 11.2. The Labute approximate surface area is 99.4 Å². The first-order chi connectivity index (χ1) is 7.15. The number of thiocarbonyl (C=S) groups is 1. The van der Waals surface area contributed by atoms with Gasteiger partial charge in [0.1, 0.15) is 0 Å². The Hall–Kier alpha value is -1.13.